The summed E-state index contributed by atoms with van der Waals surface area (Å²) in [5, 5.41) is 7.19. The van der Waals surface area contributed by atoms with E-state index >= 15 is 0 Å². The summed E-state index contributed by atoms with van der Waals surface area (Å²) >= 11 is 0. The second-order valence-corrected chi connectivity index (χ2v) is 7.55. The van der Waals surface area contributed by atoms with Crippen LogP contribution in [0.25, 0.3) is 0 Å². The number of nitrogens with two attached hydrogens (primary N) is 1. The molecule has 128 valence electrons. The van der Waals surface area contributed by atoms with Crippen LogP contribution in [0.1, 0.15) is 52.1 Å². The van der Waals surface area contributed by atoms with Crippen LogP contribution in [-0.2, 0) is 22.1 Å². The summed E-state index contributed by atoms with van der Waals surface area (Å²) in [6.45, 7) is 5.57. The number of carbonyl (C=O) groups excluding carboxylic acids is 1. The molecule has 3 atom stereocenters. The van der Waals surface area contributed by atoms with Crippen LogP contribution in [0.5, 0.6) is 0 Å². The molecule has 0 aromatic carbocycles. The number of aromatic nitrogens is 2. The Labute approximate surface area is 136 Å². The van der Waals surface area contributed by atoms with Crippen LogP contribution in [0.3, 0.4) is 0 Å². The first-order valence-corrected chi connectivity index (χ1v) is 8.15. The van der Waals surface area contributed by atoms with Gasteiger partial charge in [0.15, 0.2) is 0 Å². The van der Waals surface area contributed by atoms with E-state index in [1.807, 2.05) is 27.8 Å². The van der Waals surface area contributed by atoms with Gasteiger partial charge in [-0.05, 0) is 46.5 Å². The summed E-state index contributed by atoms with van der Waals surface area (Å²) in [6, 6.07) is -0.0186. The van der Waals surface area contributed by atoms with Gasteiger partial charge in [-0.2, -0.15) is 5.10 Å². The van der Waals surface area contributed by atoms with Crippen molar-refractivity contribution in [3.05, 3.63) is 11.9 Å². The number of hydrogen-bond donors (Lipinski definition) is 2. The number of amides is 1. The van der Waals surface area contributed by atoms with E-state index in [4.69, 9.17) is 15.2 Å². The second kappa shape index (κ2) is 5.40. The summed E-state index contributed by atoms with van der Waals surface area (Å²) in [6.07, 6.45) is 4.73. The molecule has 7 nitrogen and oxygen atoms in total. The summed E-state index contributed by atoms with van der Waals surface area (Å²) in [5.74, 6) is 0. The van der Waals surface area contributed by atoms with Crippen LogP contribution in [0.2, 0.25) is 0 Å². The maximum atomic E-state index is 12.0. The fraction of sp³-hybridized carbons (Fsp3) is 0.750. The SMILES string of the molecule is Cn1ncc(N)c1C12CCC(NC(=O)OC(C)(C)C)C(CC1)O2. The fourth-order valence-corrected chi connectivity index (χ4v) is 3.75. The van der Waals surface area contributed by atoms with Crippen LogP contribution in [0, 0.1) is 0 Å². The number of nitrogen functional groups attached to an aromatic ring is 1. The van der Waals surface area contributed by atoms with Crippen molar-refractivity contribution in [1.82, 2.24) is 15.1 Å². The summed E-state index contributed by atoms with van der Waals surface area (Å²) in [7, 11) is 1.89. The van der Waals surface area contributed by atoms with Gasteiger partial charge in [0, 0.05) is 7.05 Å². The topological polar surface area (TPSA) is 91.4 Å². The van der Waals surface area contributed by atoms with E-state index < -0.39 is 5.60 Å². The predicted octanol–water partition coefficient (Wildman–Crippen LogP) is 2.06. The monoisotopic (exact) mass is 322 g/mol. The van der Waals surface area contributed by atoms with Crippen LogP contribution < -0.4 is 11.1 Å². The molecule has 2 fully saturated rings. The van der Waals surface area contributed by atoms with Crippen molar-refractivity contribution in [2.75, 3.05) is 5.73 Å². The van der Waals surface area contributed by atoms with Gasteiger partial charge in [-0.25, -0.2) is 4.79 Å². The van der Waals surface area contributed by atoms with Gasteiger partial charge in [-0.15, -0.1) is 0 Å². The van der Waals surface area contributed by atoms with Crippen molar-refractivity contribution in [2.45, 2.75) is 69.8 Å². The van der Waals surface area contributed by atoms with Crippen LogP contribution in [0.15, 0.2) is 6.20 Å². The van der Waals surface area contributed by atoms with Crippen LogP contribution in [0.4, 0.5) is 10.5 Å². The molecule has 23 heavy (non-hydrogen) atoms. The number of nitrogens with zero attached hydrogens (tertiary/aromatic N) is 2. The Hall–Kier alpha value is -1.76. The largest absolute Gasteiger partial charge is 0.444 e. The maximum Gasteiger partial charge on any atom is 0.407 e. The molecule has 0 saturated carbocycles. The van der Waals surface area contributed by atoms with Gasteiger partial charge >= 0.3 is 6.09 Å². The number of carbonyl (C=O) groups is 1. The number of ether oxygens (including phenoxy) is 2. The number of alkyl carbamates (subject to hydrolysis) is 1. The van der Waals surface area contributed by atoms with E-state index in [1.165, 1.54) is 0 Å². The number of hydrogen-bond acceptors (Lipinski definition) is 5. The van der Waals surface area contributed by atoms with Gasteiger partial charge in [-0.1, -0.05) is 0 Å². The Balaban J connectivity index is 1.69. The molecule has 1 aromatic rings. The van der Waals surface area contributed by atoms with E-state index in [0.717, 1.165) is 31.4 Å². The number of aryl methyl sites for hydroxylation is 1. The molecule has 0 spiro atoms. The molecule has 0 aliphatic carbocycles. The molecule has 2 saturated heterocycles. The molecule has 7 heteroatoms. The second-order valence-electron chi connectivity index (χ2n) is 7.55. The molecule has 0 radical (unpaired) electrons. The Morgan fingerprint density at radius 1 is 1.48 bits per heavy atom. The zero-order chi connectivity index (χ0) is 16.8. The lowest BCUT2D eigenvalue weighted by molar-refractivity contribution is -0.1000. The number of fused-ring (bicyclic) bond motifs is 2. The quantitative estimate of drug-likeness (QED) is 0.869. The van der Waals surface area contributed by atoms with Gasteiger partial charge in [0.1, 0.15) is 11.2 Å². The van der Waals surface area contributed by atoms with Gasteiger partial charge in [-0.3, -0.25) is 4.68 Å². The smallest absolute Gasteiger partial charge is 0.407 e. The Kier molecular flexibility index (Phi) is 3.78. The third kappa shape index (κ3) is 3.02. The zero-order valence-electron chi connectivity index (χ0n) is 14.3. The molecule has 2 aliphatic heterocycles. The zero-order valence-corrected chi connectivity index (χ0v) is 14.3. The highest BCUT2D eigenvalue weighted by Gasteiger charge is 2.51. The number of nitrogens with one attached hydrogen (secondary N) is 1. The molecule has 3 unspecified atom stereocenters. The summed E-state index contributed by atoms with van der Waals surface area (Å²) < 4.78 is 13.5. The maximum absolute atomic E-state index is 12.0. The average Bonchev–Trinajstić information content (AvgIpc) is 2.94. The van der Waals surface area contributed by atoms with Crippen molar-refractivity contribution < 1.29 is 14.3 Å². The van der Waals surface area contributed by atoms with Crippen molar-refractivity contribution in [3.8, 4) is 0 Å². The molecule has 2 aliphatic rings. The fourth-order valence-electron chi connectivity index (χ4n) is 3.75. The molecule has 3 rings (SSSR count). The van der Waals surface area contributed by atoms with Crippen LogP contribution in [-0.4, -0.2) is 33.6 Å². The first-order chi connectivity index (χ1) is 10.7. The van der Waals surface area contributed by atoms with Crippen molar-refractivity contribution in [1.29, 1.82) is 0 Å². The lowest BCUT2D eigenvalue weighted by Crippen LogP contribution is -2.49. The highest BCUT2D eigenvalue weighted by Crippen LogP contribution is 2.49. The Morgan fingerprint density at radius 2 is 2.17 bits per heavy atom. The first-order valence-electron chi connectivity index (χ1n) is 8.15. The average molecular weight is 322 g/mol. The van der Waals surface area contributed by atoms with E-state index in [9.17, 15) is 4.79 Å². The standard InChI is InChI=1S/C16H26N4O3/c1-15(2,3)23-14(21)19-11-5-7-16(8-6-12(11)22-16)13-10(17)9-18-20(13)4/h9,11-12H,5-8,17H2,1-4H3,(H,19,21). The van der Waals surface area contributed by atoms with E-state index in [2.05, 4.69) is 10.4 Å². The van der Waals surface area contributed by atoms with E-state index in [-0.39, 0.29) is 23.8 Å². The minimum absolute atomic E-state index is 0.00873. The Morgan fingerprint density at radius 3 is 2.78 bits per heavy atom. The summed E-state index contributed by atoms with van der Waals surface area (Å²) in [5.41, 5.74) is 6.84. The summed E-state index contributed by atoms with van der Waals surface area (Å²) in [4.78, 5) is 12.0. The van der Waals surface area contributed by atoms with Gasteiger partial charge in [0.25, 0.3) is 0 Å². The van der Waals surface area contributed by atoms with Gasteiger partial charge in [0.2, 0.25) is 0 Å². The molecule has 2 bridgehead atoms. The van der Waals surface area contributed by atoms with Crippen molar-refractivity contribution >= 4 is 11.8 Å². The normalized spacial score (nSPS) is 30.3. The van der Waals surface area contributed by atoms with Crippen molar-refractivity contribution in [3.63, 3.8) is 0 Å². The van der Waals surface area contributed by atoms with E-state index in [0.29, 0.717) is 5.69 Å². The highest BCUT2D eigenvalue weighted by atomic mass is 16.6. The van der Waals surface area contributed by atoms with E-state index in [1.54, 1.807) is 10.9 Å². The minimum Gasteiger partial charge on any atom is -0.444 e. The Bertz CT molecular complexity index is 587. The number of anilines is 1. The number of rotatable bonds is 2. The molecular formula is C16H26N4O3. The van der Waals surface area contributed by atoms with Crippen LogP contribution >= 0.6 is 0 Å². The third-order valence-electron chi connectivity index (χ3n) is 4.62. The molecular weight excluding hydrogens is 296 g/mol. The highest BCUT2D eigenvalue weighted by molar-refractivity contribution is 5.68. The third-order valence-corrected chi connectivity index (χ3v) is 4.62. The minimum atomic E-state index is -0.498. The van der Waals surface area contributed by atoms with Gasteiger partial charge in [0.05, 0.1) is 29.7 Å². The predicted molar refractivity (Wildman–Crippen MR) is 85.8 cm³/mol. The lowest BCUT2D eigenvalue weighted by Gasteiger charge is -2.38. The molecule has 1 amide bonds. The first kappa shape index (κ1) is 16.1. The van der Waals surface area contributed by atoms with Gasteiger partial charge < -0.3 is 20.5 Å². The molecule has 3 N–H and O–H groups in total. The lowest BCUT2D eigenvalue weighted by atomic mass is 9.89. The molecule has 3 heterocycles. The van der Waals surface area contributed by atoms with Crippen molar-refractivity contribution in [2.24, 2.45) is 7.05 Å². The molecule has 1 aromatic heterocycles.